The van der Waals surface area contributed by atoms with Crippen LogP contribution in [0.5, 0.6) is 0 Å². The van der Waals surface area contributed by atoms with Crippen molar-refractivity contribution >= 4 is 12.1 Å². The van der Waals surface area contributed by atoms with Crippen molar-refractivity contribution in [2.24, 2.45) is 11.8 Å². The van der Waals surface area contributed by atoms with Gasteiger partial charge in [-0.2, -0.15) is 0 Å². The lowest BCUT2D eigenvalue weighted by molar-refractivity contribution is 0.0476. The van der Waals surface area contributed by atoms with Gasteiger partial charge in [-0.15, -0.1) is 0 Å². The first kappa shape index (κ1) is 29.1. The number of hydrogen-bond acceptors (Lipinski definition) is 6. The minimum Gasteiger partial charge on any atom is -0.453 e. The summed E-state index contributed by atoms with van der Waals surface area (Å²) in [6, 6.07) is 4.59. The van der Waals surface area contributed by atoms with Crippen LogP contribution in [-0.4, -0.2) is 87.8 Å². The zero-order valence-corrected chi connectivity index (χ0v) is 22.1. The first-order chi connectivity index (χ1) is 17.9. The number of urea groups is 1. The molecule has 4 N–H and O–H groups in total. The number of nitrogens with zero attached hydrogens (tertiary/aromatic N) is 1. The quantitative estimate of drug-likeness (QED) is 0.355. The van der Waals surface area contributed by atoms with Crippen molar-refractivity contribution in [3.8, 4) is 0 Å². The number of hydrogen-bond donors (Lipinski definition) is 4. The van der Waals surface area contributed by atoms with Crippen LogP contribution in [0.1, 0.15) is 43.2 Å². The molecule has 3 amide bonds. The molecule has 0 aliphatic carbocycles. The van der Waals surface area contributed by atoms with E-state index in [1.165, 1.54) is 19.2 Å². The molecule has 2 aliphatic heterocycles. The number of halogens is 1. The van der Waals surface area contributed by atoms with Crippen LogP contribution < -0.4 is 16.0 Å². The second kappa shape index (κ2) is 15.1. The Balaban J connectivity index is 1.57. The molecule has 0 saturated carbocycles. The Morgan fingerprint density at radius 2 is 2.03 bits per heavy atom. The van der Waals surface area contributed by atoms with Gasteiger partial charge in [0, 0.05) is 51.9 Å². The number of likely N-dealkylation sites (tertiary alicyclic amines) is 1. The monoisotopic (exact) mass is 522 g/mol. The van der Waals surface area contributed by atoms with Crippen LogP contribution in [0, 0.1) is 17.7 Å². The van der Waals surface area contributed by atoms with Crippen LogP contribution in [-0.2, 0) is 22.3 Å². The number of methoxy groups -OCH3 is 1. The van der Waals surface area contributed by atoms with Gasteiger partial charge in [0.1, 0.15) is 5.82 Å². The summed E-state index contributed by atoms with van der Waals surface area (Å²) in [7, 11) is 3.16. The van der Waals surface area contributed by atoms with Gasteiger partial charge in [0.15, 0.2) is 0 Å². The summed E-state index contributed by atoms with van der Waals surface area (Å²) in [5.74, 6) is 0.332. The van der Waals surface area contributed by atoms with E-state index in [9.17, 15) is 19.1 Å². The SMILES string of the molecule is CNC[C@H](CC1CCCOC1)NC(=O)N1CCC[C@@H](Cc2cc(F)ccc2CC(O)CNC(=O)OC)C1. The zero-order chi connectivity index (χ0) is 26.6. The number of rotatable bonds is 11. The molecule has 2 aliphatic rings. The Morgan fingerprint density at radius 1 is 1.22 bits per heavy atom. The van der Waals surface area contributed by atoms with Crippen LogP contribution in [0.2, 0.25) is 0 Å². The van der Waals surface area contributed by atoms with E-state index in [4.69, 9.17) is 4.74 Å². The van der Waals surface area contributed by atoms with Crippen molar-refractivity contribution in [3.63, 3.8) is 0 Å². The number of carbonyl (C=O) groups is 2. The van der Waals surface area contributed by atoms with Crippen molar-refractivity contribution in [1.82, 2.24) is 20.9 Å². The Morgan fingerprint density at radius 3 is 2.76 bits per heavy atom. The normalized spacial score (nSPS) is 21.7. The molecule has 2 fully saturated rings. The molecule has 9 nitrogen and oxygen atoms in total. The first-order valence-electron chi connectivity index (χ1n) is 13.4. The second-order valence-electron chi connectivity index (χ2n) is 10.3. The largest absolute Gasteiger partial charge is 0.453 e. The van der Waals surface area contributed by atoms with Gasteiger partial charge in [0.2, 0.25) is 0 Å². The number of piperidine rings is 1. The maximum absolute atomic E-state index is 14.1. The average Bonchev–Trinajstić information content (AvgIpc) is 2.89. The Bertz CT molecular complexity index is 867. The highest BCUT2D eigenvalue weighted by Crippen LogP contribution is 2.25. The van der Waals surface area contributed by atoms with Gasteiger partial charge < -0.3 is 35.4 Å². The molecule has 2 unspecified atom stereocenters. The van der Waals surface area contributed by atoms with Gasteiger partial charge in [0.05, 0.1) is 13.2 Å². The number of ether oxygens (including phenoxy) is 2. The molecule has 10 heteroatoms. The Labute approximate surface area is 219 Å². The molecular weight excluding hydrogens is 479 g/mol. The molecule has 0 bridgehead atoms. The van der Waals surface area contributed by atoms with Gasteiger partial charge in [-0.05, 0) is 80.7 Å². The van der Waals surface area contributed by atoms with Crippen molar-refractivity contribution in [3.05, 3.63) is 35.1 Å². The summed E-state index contributed by atoms with van der Waals surface area (Å²) in [4.78, 5) is 26.3. The maximum atomic E-state index is 14.1. The molecule has 2 heterocycles. The molecule has 4 atom stereocenters. The van der Waals surface area contributed by atoms with E-state index in [2.05, 4.69) is 20.7 Å². The number of benzene rings is 1. The molecule has 208 valence electrons. The van der Waals surface area contributed by atoms with E-state index in [-0.39, 0.29) is 36.8 Å². The minimum atomic E-state index is -0.824. The van der Waals surface area contributed by atoms with Gasteiger partial charge >= 0.3 is 12.1 Å². The Kier molecular flexibility index (Phi) is 11.9. The molecule has 0 aromatic heterocycles. The van der Waals surface area contributed by atoms with Gasteiger partial charge in [-0.3, -0.25) is 0 Å². The highest BCUT2D eigenvalue weighted by molar-refractivity contribution is 5.74. The third kappa shape index (κ3) is 9.75. The highest BCUT2D eigenvalue weighted by Gasteiger charge is 2.27. The molecule has 37 heavy (non-hydrogen) atoms. The fourth-order valence-electron chi connectivity index (χ4n) is 5.41. The summed E-state index contributed by atoms with van der Waals surface area (Å²) in [6.07, 6.45) is 4.40. The summed E-state index contributed by atoms with van der Waals surface area (Å²) >= 11 is 0. The summed E-state index contributed by atoms with van der Waals surface area (Å²) in [6.45, 7) is 3.64. The summed E-state index contributed by atoms with van der Waals surface area (Å²) < 4.78 is 24.3. The minimum absolute atomic E-state index is 0.0412. The average molecular weight is 523 g/mol. The number of likely N-dealkylation sites (N-methyl/N-ethyl adjacent to an activating group) is 1. The van der Waals surface area contributed by atoms with Crippen LogP contribution >= 0.6 is 0 Å². The van der Waals surface area contributed by atoms with Crippen molar-refractivity contribution < 1.29 is 28.6 Å². The van der Waals surface area contributed by atoms with Crippen molar-refractivity contribution in [1.29, 1.82) is 0 Å². The molecular formula is C27H43FN4O5. The van der Waals surface area contributed by atoms with Crippen LogP contribution in [0.4, 0.5) is 14.0 Å². The number of carbonyl (C=O) groups excluding carboxylic acids is 2. The van der Waals surface area contributed by atoms with E-state index in [1.54, 1.807) is 6.07 Å². The van der Waals surface area contributed by atoms with Crippen LogP contribution in [0.3, 0.4) is 0 Å². The third-order valence-corrected chi connectivity index (χ3v) is 7.26. The second-order valence-corrected chi connectivity index (χ2v) is 10.3. The molecule has 0 spiro atoms. The lowest BCUT2D eigenvalue weighted by atomic mass is 9.88. The van der Waals surface area contributed by atoms with E-state index in [0.717, 1.165) is 56.4 Å². The fraction of sp³-hybridized carbons (Fsp3) is 0.704. The van der Waals surface area contributed by atoms with Gasteiger partial charge in [-0.1, -0.05) is 6.07 Å². The number of aliphatic hydroxyl groups is 1. The van der Waals surface area contributed by atoms with Gasteiger partial charge in [0.25, 0.3) is 0 Å². The molecule has 3 rings (SSSR count). The number of amides is 3. The van der Waals surface area contributed by atoms with E-state index in [1.807, 2.05) is 11.9 Å². The summed E-state index contributed by atoms with van der Waals surface area (Å²) in [5.41, 5.74) is 1.67. The molecule has 1 aromatic rings. The fourth-order valence-corrected chi connectivity index (χ4v) is 5.41. The van der Waals surface area contributed by atoms with E-state index >= 15 is 0 Å². The van der Waals surface area contributed by atoms with Crippen LogP contribution in [0.25, 0.3) is 0 Å². The number of alkyl carbamates (subject to hydrolysis) is 1. The van der Waals surface area contributed by atoms with E-state index in [0.29, 0.717) is 32.0 Å². The lowest BCUT2D eigenvalue weighted by Crippen LogP contribution is -2.51. The molecule has 2 saturated heterocycles. The highest BCUT2D eigenvalue weighted by atomic mass is 19.1. The Hall–Kier alpha value is -2.43. The smallest absolute Gasteiger partial charge is 0.406 e. The molecule has 1 aromatic carbocycles. The number of aliphatic hydroxyl groups excluding tert-OH is 1. The predicted octanol–water partition coefficient (Wildman–Crippen LogP) is 2.45. The van der Waals surface area contributed by atoms with Crippen molar-refractivity contribution in [2.45, 2.75) is 57.1 Å². The predicted molar refractivity (Wildman–Crippen MR) is 139 cm³/mol. The number of nitrogens with one attached hydrogen (secondary N) is 3. The lowest BCUT2D eigenvalue weighted by Gasteiger charge is -2.35. The van der Waals surface area contributed by atoms with Crippen LogP contribution in [0.15, 0.2) is 18.2 Å². The van der Waals surface area contributed by atoms with Gasteiger partial charge in [-0.25, -0.2) is 14.0 Å². The zero-order valence-electron chi connectivity index (χ0n) is 22.1. The van der Waals surface area contributed by atoms with E-state index < -0.39 is 12.2 Å². The standard InChI is InChI=1S/C27H43FN4O5/c1-29-15-24(12-20-6-4-10-37-18-20)31-26(34)32-9-3-5-19(17-32)11-22-13-23(28)8-7-21(22)14-25(33)16-30-27(35)36-2/h7-8,13,19-20,24-25,29,33H,3-6,9-12,14-18H2,1-2H3,(H,30,35)(H,31,34)/t19-,20?,24-,25?/m0/s1. The molecule has 0 radical (unpaired) electrons. The topological polar surface area (TPSA) is 112 Å². The first-order valence-corrected chi connectivity index (χ1v) is 13.4. The van der Waals surface area contributed by atoms with Crippen molar-refractivity contribution in [2.75, 3.05) is 53.6 Å². The summed E-state index contributed by atoms with van der Waals surface area (Å²) in [5, 5.41) is 19.3. The maximum Gasteiger partial charge on any atom is 0.406 e. The third-order valence-electron chi connectivity index (χ3n) is 7.26.